The molecule has 2 heterocycles. The summed E-state index contributed by atoms with van der Waals surface area (Å²) in [4.78, 5) is 0. The maximum absolute atomic E-state index is 13.6. The van der Waals surface area contributed by atoms with Crippen molar-refractivity contribution in [3.8, 4) is 0 Å². The van der Waals surface area contributed by atoms with Gasteiger partial charge < -0.3 is 9.15 Å². The molecule has 3 rings (SSSR count). The number of nitrogens with two attached hydrogens (primary N) is 1. The minimum atomic E-state index is -0.351. The summed E-state index contributed by atoms with van der Waals surface area (Å²) < 4.78 is 24.8. The molecule has 0 spiro atoms. The lowest BCUT2D eigenvalue weighted by Gasteiger charge is -2.18. The van der Waals surface area contributed by atoms with Crippen molar-refractivity contribution in [3.05, 3.63) is 35.8 Å². The van der Waals surface area contributed by atoms with E-state index in [0.717, 1.165) is 11.8 Å². The number of para-hydroxylation sites is 1. The average Bonchev–Trinajstić information content (AvgIpc) is 2.98. The first-order chi connectivity index (χ1) is 9.19. The van der Waals surface area contributed by atoms with Gasteiger partial charge in [0.05, 0.1) is 18.8 Å². The highest BCUT2D eigenvalue weighted by atomic mass is 19.1. The van der Waals surface area contributed by atoms with Crippen LogP contribution in [0, 0.1) is 11.7 Å². The van der Waals surface area contributed by atoms with Gasteiger partial charge in [-0.2, -0.15) is 0 Å². The van der Waals surface area contributed by atoms with Gasteiger partial charge in [0, 0.05) is 11.3 Å². The third-order valence-corrected chi connectivity index (χ3v) is 3.70. The van der Waals surface area contributed by atoms with Crippen LogP contribution in [0.5, 0.6) is 0 Å². The lowest BCUT2D eigenvalue weighted by atomic mass is 9.95. The van der Waals surface area contributed by atoms with E-state index in [4.69, 9.17) is 15.0 Å². The van der Waals surface area contributed by atoms with Crippen LogP contribution in [0.25, 0.3) is 11.0 Å². The molecule has 0 bridgehead atoms. The van der Waals surface area contributed by atoms with Gasteiger partial charge in [0.25, 0.3) is 0 Å². The van der Waals surface area contributed by atoms with E-state index in [1.165, 1.54) is 6.07 Å². The molecule has 1 saturated heterocycles. The molecule has 0 saturated carbocycles. The monoisotopic (exact) mass is 264 g/mol. The third-order valence-electron chi connectivity index (χ3n) is 3.70. The highest BCUT2D eigenvalue weighted by Crippen LogP contribution is 2.34. The maximum Gasteiger partial charge on any atom is 0.169 e. The number of rotatable bonds is 3. The van der Waals surface area contributed by atoms with Crippen LogP contribution in [-0.2, 0) is 4.74 Å². The summed E-state index contributed by atoms with van der Waals surface area (Å²) in [5, 5.41) is 0.752. The van der Waals surface area contributed by atoms with Gasteiger partial charge in [-0.1, -0.05) is 12.1 Å². The smallest absolute Gasteiger partial charge is 0.169 e. The van der Waals surface area contributed by atoms with Crippen molar-refractivity contribution in [2.24, 2.45) is 11.8 Å². The summed E-state index contributed by atoms with van der Waals surface area (Å²) in [6.45, 7) is 2.67. The molecular weight excluding hydrogens is 247 g/mol. The fourth-order valence-electron chi connectivity index (χ4n) is 2.73. The van der Waals surface area contributed by atoms with Crippen molar-refractivity contribution >= 4 is 11.0 Å². The first kappa shape index (κ1) is 12.6. The van der Waals surface area contributed by atoms with Crippen molar-refractivity contribution in [2.45, 2.75) is 25.5 Å². The van der Waals surface area contributed by atoms with Crippen molar-refractivity contribution < 1.29 is 13.5 Å². The van der Waals surface area contributed by atoms with Gasteiger partial charge in [-0.15, -0.1) is 0 Å². The molecule has 1 aliphatic heterocycles. The van der Waals surface area contributed by atoms with E-state index in [1.807, 2.05) is 19.1 Å². The third kappa shape index (κ3) is 2.25. The molecule has 0 amide bonds. The van der Waals surface area contributed by atoms with Crippen molar-refractivity contribution in [2.75, 3.05) is 6.61 Å². The Kier molecular flexibility index (Phi) is 3.26. The number of fused-ring (bicyclic) bond motifs is 1. The first-order valence-corrected chi connectivity index (χ1v) is 6.44. The Bertz CT molecular complexity index is 584. The molecule has 102 valence electrons. The number of hydrogen-bond donors (Lipinski definition) is 2. The number of nitrogens with one attached hydrogen (secondary N) is 1. The van der Waals surface area contributed by atoms with Crippen LogP contribution in [0.15, 0.2) is 28.7 Å². The van der Waals surface area contributed by atoms with Crippen LogP contribution >= 0.6 is 0 Å². The fraction of sp³-hybridized carbons (Fsp3) is 0.429. The van der Waals surface area contributed by atoms with Crippen LogP contribution in [0.3, 0.4) is 0 Å². The van der Waals surface area contributed by atoms with E-state index in [9.17, 15) is 4.39 Å². The van der Waals surface area contributed by atoms with Crippen LogP contribution in [0.2, 0.25) is 0 Å². The topological polar surface area (TPSA) is 60.4 Å². The Morgan fingerprint density at radius 3 is 2.95 bits per heavy atom. The predicted octanol–water partition coefficient (Wildman–Crippen LogP) is 2.50. The Balaban J connectivity index is 1.95. The number of benzene rings is 1. The molecule has 3 atom stereocenters. The van der Waals surface area contributed by atoms with Gasteiger partial charge in [0.1, 0.15) is 5.76 Å². The molecule has 2 aromatic rings. The predicted molar refractivity (Wildman–Crippen MR) is 69.8 cm³/mol. The highest BCUT2D eigenvalue weighted by molar-refractivity contribution is 5.78. The molecule has 0 radical (unpaired) electrons. The van der Waals surface area contributed by atoms with E-state index < -0.39 is 0 Å². The van der Waals surface area contributed by atoms with Gasteiger partial charge >= 0.3 is 0 Å². The molecule has 19 heavy (non-hydrogen) atoms. The van der Waals surface area contributed by atoms with Gasteiger partial charge in [-0.25, -0.2) is 9.82 Å². The summed E-state index contributed by atoms with van der Waals surface area (Å²) in [6.07, 6.45) is 1.14. The van der Waals surface area contributed by atoms with Crippen molar-refractivity contribution in [1.82, 2.24) is 5.43 Å². The molecule has 1 aliphatic rings. The zero-order chi connectivity index (χ0) is 13.4. The van der Waals surface area contributed by atoms with Gasteiger partial charge in [0.2, 0.25) is 0 Å². The SMILES string of the molecule is CC1CC(C(NN)c2cc3cccc(F)c3o2)CO1. The quantitative estimate of drug-likeness (QED) is 0.660. The Morgan fingerprint density at radius 2 is 2.32 bits per heavy atom. The standard InChI is InChI=1S/C14H17FN2O2/c1-8-5-10(7-18-8)13(17-16)12-6-9-3-2-4-11(15)14(9)19-12/h2-4,6,8,10,13,17H,5,7,16H2,1H3. The van der Waals surface area contributed by atoms with Gasteiger partial charge in [-0.05, 0) is 25.5 Å². The normalized spacial score (nSPS) is 25.0. The molecule has 0 aliphatic carbocycles. The molecule has 1 aromatic carbocycles. The second-order valence-corrected chi connectivity index (χ2v) is 5.09. The maximum atomic E-state index is 13.6. The van der Waals surface area contributed by atoms with E-state index in [2.05, 4.69) is 5.43 Å². The van der Waals surface area contributed by atoms with Crippen molar-refractivity contribution in [1.29, 1.82) is 0 Å². The molecular formula is C14H17FN2O2. The van der Waals surface area contributed by atoms with E-state index >= 15 is 0 Å². The molecule has 4 nitrogen and oxygen atoms in total. The molecule has 3 unspecified atom stereocenters. The number of furan rings is 1. The van der Waals surface area contributed by atoms with Crippen LogP contribution in [0.4, 0.5) is 4.39 Å². The van der Waals surface area contributed by atoms with Gasteiger partial charge in [-0.3, -0.25) is 5.84 Å². The number of halogens is 1. The minimum absolute atomic E-state index is 0.156. The Hall–Kier alpha value is -1.43. The zero-order valence-corrected chi connectivity index (χ0v) is 10.7. The number of hydrazine groups is 1. The summed E-state index contributed by atoms with van der Waals surface area (Å²) in [6, 6.07) is 6.57. The Morgan fingerprint density at radius 1 is 1.47 bits per heavy atom. The largest absolute Gasteiger partial charge is 0.456 e. The molecule has 3 N–H and O–H groups in total. The van der Waals surface area contributed by atoms with Gasteiger partial charge in [0.15, 0.2) is 11.4 Å². The van der Waals surface area contributed by atoms with Crippen LogP contribution in [0.1, 0.15) is 25.1 Å². The summed E-state index contributed by atoms with van der Waals surface area (Å²) in [5.41, 5.74) is 3.05. The van der Waals surface area contributed by atoms with E-state index in [1.54, 1.807) is 6.07 Å². The zero-order valence-electron chi connectivity index (χ0n) is 10.7. The van der Waals surface area contributed by atoms with Crippen LogP contribution in [-0.4, -0.2) is 12.7 Å². The lowest BCUT2D eigenvalue weighted by Crippen LogP contribution is -2.33. The van der Waals surface area contributed by atoms with Crippen LogP contribution < -0.4 is 11.3 Å². The van der Waals surface area contributed by atoms with E-state index in [-0.39, 0.29) is 29.5 Å². The summed E-state index contributed by atoms with van der Waals surface area (Å²) >= 11 is 0. The average molecular weight is 264 g/mol. The first-order valence-electron chi connectivity index (χ1n) is 6.44. The summed E-state index contributed by atoms with van der Waals surface area (Å²) in [7, 11) is 0. The number of hydrogen-bond acceptors (Lipinski definition) is 4. The van der Waals surface area contributed by atoms with E-state index in [0.29, 0.717) is 12.4 Å². The molecule has 5 heteroatoms. The Labute approximate surface area is 110 Å². The highest BCUT2D eigenvalue weighted by Gasteiger charge is 2.32. The van der Waals surface area contributed by atoms with Crippen molar-refractivity contribution in [3.63, 3.8) is 0 Å². The second kappa shape index (κ2) is 4.92. The summed E-state index contributed by atoms with van der Waals surface area (Å²) in [5.74, 6) is 6.18. The molecule has 1 fully saturated rings. The fourth-order valence-corrected chi connectivity index (χ4v) is 2.73. The minimum Gasteiger partial charge on any atom is -0.456 e. The number of ether oxygens (including phenoxy) is 1. The lowest BCUT2D eigenvalue weighted by molar-refractivity contribution is 0.116. The second-order valence-electron chi connectivity index (χ2n) is 5.09. The molecule has 1 aromatic heterocycles.